The predicted octanol–water partition coefficient (Wildman–Crippen LogP) is 7.77. The van der Waals surface area contributed by atoms with Crippen molar-refractivity contribution in [3.8, 4) is 11.5 Å². The summed E-state index contributed by atoms with van der Waals surface area (Å²) in [5.74, 6) is -0.751. The normalized spacial score (nSPS) is 11.4. The number of hydrogen-bond donors (Lipinski definition) is 2. The van der Waals surface area contributed by atoms with E-state index in [1.54, 1.807) is 50.3 Å². The average molecular weight is 549 g/mol. The molecular formula is C25H20BrCl2NO4. The molecule has 0 aliphatic carbocycles. The van der Waals surface area contributed by atoms with E-state index in [2.05, 4.69) is 21.2 Å². The minimum absolute atomic E-state index is 0.0459. The summed E-state index contributed by atoms with van der Waals surface area (Å²) >= 11 is 16.2. The molecule has 170 valence electrons. The molecular weight excluding hydrogens is 529 g/mol. The van der Waals surface area contributed by atoms with Crippen LogP contribution in [-0.4, -0.2) is 17.0 Å². The van der Waals surface area contributed by atoms with E-state index >= 15 is 0 Å². The van der Waals surface area contributed by atoms with Crippen molar-refractivity contribution < 1.29 is 19.4 Å². The molecule has 5 nitrogen and oxygen atoms in total. The van der Waals surface area contributed by atoms with Gasteiger partial charge in [0, 0.05) is 10.4 Å². The van der Waals surface area contributed by atoms with Crippen LogP contribution in [0.3, 0.4) is 0 Å². The van der Waals surface area contributed by atoms with Gasteiger partial charge in [0.1, 0.15) is 5.75 Å². The van der Waals surface area contributed by atoms with Gasteiger partial charge < -0.3 is 15.2 Å². The van der Waals surface area contributed by atoms with E-state index in [0.717, 1.165) is 5.56 Å². The number of carbonyl (C=O) groups excluding carboxylic acids is 1. The van der Waals surface area contributed by atoms with Crippen LogP contribution in [0.25, 0.3) is 11.6 Å². The Morgan fingerprint density at radius 2 is 1.67 bits per heavy atom. The molecule has 0 saturated carbocycles. The maximum Gasteiger partial charge on any atom is 0.336 e. The Kier molecular flexibility index (Phi) is 8.19. The monoisotopic (exact) mass is 547 g/mol. The first-order valence-electron chi connectivity index (χ1n) is 9.93. The molecule has 0 unspecified atom stereocenters. The van der Waals surface area contributed by atoms with Crippen molar-refractivity contribution in [2.45, 2.75) is 13.8 Å². The first-order valence-corrected chi connectivity index (χ1v) is 11.5. The molecule has 3 rings (SSSR count). The summed E-state index contributed by atoms with van der Waals surface area (Å²) in [4.78, 5) is 23.8. The molecule has 0 aliphatic heterocycles. The number of amides is 1. The number of ether oxygens (including phenoxy) is 1. The number of anilines is 1. The van der Waals surface area contributed by atoms with Gasteiger partial charge in [-0.25, -0.2) is 4.79 Å². The number of halogens is 3. The fourth-order valence-corrected chi connectivity index (χ4v) is 3.87. The molecule has 33 heavy (non-hydrogen) atoms. The van der Waals surface area contributed by atoms with Crippen molar-refractivity contribution in [3.05, 3.63) is 86.3 Å². The Hall–Kier alpha value is -2.80. The molecule has 3 aromatic carbocycles. The van der Waals surface area contributed by atoms with E-state index in [1.807, 2.05) is 18.2 Å². The second-order valence-corrected chi connectivity index (χ2v) is 9.10. The van der Waals surface area contributed by atoms with Crippen molar-refractivity contribution in [1.29, 1.82) is 0 Å². The van der Waals surface area contributed by atoms with Crippen LogP contribution >= 0.6 is 39.1 Å². The largest absolute Gasteiger partial charge is 0.478 e. The third-order valence-electron chi connectivity index (χ3n) is 4.59. The smallest absolute Gasteiger partial charge is 0.336 e. The molecule has 0 atom stereocenters. The fraction of sp³-hybridized carbons (Fsp3) is 0.120. The van der Waals surface area contributed by atoms with Gasteiger partial charge in [-0.05, 0) is 63.5 Å². The van der Waals surface area contributed by atoms with E-state index in [4.69, 9.17) is 27.9 Å². The molecule has 0 spiro atoms. The van der Waals surface area contributed by atoms with E-state index < -0.39 is 5.97 Å². The van der Waals surface area contributed by atoms with Crippen molar-refractivity contribution in [1.82, 2.24) is 0 Å². The van der Waals surface area contributed by atoms with Gasteiger partial charge >= 0.3 is 5.97 Å². The van der Waals surface area contributed by atoms with E-state index in [9.17, 15) is 14.7 Å². The number of carboxylic acids is 1. The Labute approximate surface area is 210 Å². The minimum Gasteiger partial charge on any atom is -0.478 e. The van der Waals surface area contributed by atoms with Crippen LogP contribution in [0, 0.1) is 5.92 Å². The molecule has 0 radical (unpaired) electrons. The van der Waals surface area contributed by atoms with E-state index in [1.165, 1.54) is 12.1 Å². The van der Waals surface area contributed by atoms with Crippen LogP contribution in [0.2, 0.25) is 10.0 Å². The summed E-state index contributed by atoms with van der Waals surface area (Å²) < 4.78 is 6.49. The molecule has 1 amide bonds. The highest BCUT2D eigenvalue weighted by atomic mass is 79.9. The quantitative estimate of drug-likeness (QED) is 0.233. The standard InChI is InChI=1S/C25H20BrCl2NO4/c1-14(2)24(30)29-22-9-8-17(13-19(22)26)33-23-20(27)11-16(12-21(23)28)18(25(31)32)10-15-6-4-3-5-7-15/h3-14H,1-2H3,(H,29,30)(H,31,32). The molecule has 0 saturated heterocycles. The van der Waals surface area contributed by atoms with Gasteiger partial charge in [-0.1, -0.05) is 67.4 Å². The number of hydrogen-bond acceptors (Lipinski definition) is 3. The molecule has 0 aromatic heterocycles. The zero-order chi connectivity index (χ0) is 24.1. The Morgan fingerprint density at radius 1 is 1.03 bits per heavy atom. The highest BCUT2D eigenvalue weighted by Gasteiger charge is 2.18. The number of benzene rings is 3. The molecule has 0 aliphatic rings. The number of carboxylic acid groups (broad SMARTS) is 1. The van der Waals surface area contributed by atoms with Gasteiger partial charge in [0.15, 0.2) is 5.75 Å². The molecule has 2 N–H and O–H groups in total. The average Bonchev–Trinajstić information content (AvgIpc) is 2.76. The lowest BCUT2D eigenvalue weighted by atomic mass is 10.0. The highest BCUT2D eigenvalue weighted by Crippen LogP contribution is 2.40. The van der Waals surface area contributed by atoms with Crippen molar-refractivity contribution in [2.24, 2.45) is 5.92 Å². The van der Waals surface area contributed by atoms with Crippen LogP contribution < -0.4 is 10.1 Å². The lowest BCUT2D eigenvalue weighted by Gasteiger charge is -2.14. The van der Waals surface area contributed by atoms with Crippen LogP contribution in [0.4, 0.5) is 5.69 Å². The third-order valence-corrected chi connectivity index (χ3v) is 5.81. The molecule has 3 aromatic rings. The Balaban J connectivity index is 1.89. The van der Waals surface area contributed by atoms with Crippen LogP contribution in [0.15, 0.2) is 65.1 Å². The number of rotatable bonds is 7. The Morgan fingerprint density at radius 3 is 2.21 bits per heavy atom. The maximum absolute atomic E-state index is 11.9. The van der Waals surface area contributed by atoms with Gasteiger partial charge in [-0.2, -0.15) is 0 Å². The van der Waals surface area contributed by atoms with E-state index in [-0.39, 0.29) is 33.2 Å². The number of carbonyl (C=O) groups is 2. The first kappa shape index (κ1) is 24.8. The summed E-state index contributed by atoms with van der Waals surface area (Å²) in [5, 5.41) is 12.8. The lowest BCUT2D eigenvalue weighted by Crippen LogP contribution is -2.17. The summed E-state index contributed by atoms with van der Waals surface area (Å²) in [5.41, 5.74) is 1.73. The number of nitrogens with one attached hydrogen (secondary N) is 1. The molecule has 0 fully saturated rings. The van der Waals surface area contributed by atoms with Crippen LogP contribution in [-0.2, 0) is 9.59 Å². The van der Waals surface area contributed by atoms with Gasteiger partial charge in [0.05, 0.1) is 21.3 Å². The zero-order valence-electron chi connectivity index (χ0n) is 17.7. The van der Waals surface area contributed by atoms with Crippen molar-refractivity contribution >= 4 is 68.3 Å². The van der Waals surface area contributed by atoms with Gasteiger partial charge in [0.2, 0.25) is 5.91 Å². The predicted molar refractivity (Wildman–Crippen MR) is 136 cm³/mol. The molecule has 0 bridgehead atoms. The number of aliphatic carboxylic acids is 1. The Bertz CT molecular complexity index is 1200. The lowest BCUT2D eigenvalue weighted by molar-refractivity contribution is -0.130. The fourth-order valence-electron chi connectivity index (χ4n) is 2.85. The zero-order valence-corrected chi connectivity index (χ0v) is 20.8. The van der Waals surface area contributed by atoms with E-state index in [0.29, 0.717) is 21.5 Å². The summed E-state index contributed by atoms with van der Waals surface area (Å²) in [6.45, 7) is 3.61. The van der Waals surface area contributed by atoms with Crippen LogP contribution in [0.1, 0.15) is 25.0 Å². The third kappa shape index (κ3) is 6.38. The SMILES string of the molecule is CC(C)C(=O)Nc1ccc(Oc2c(Cl)cc(C(=Cc3ccccc3)C(=O)O)cc2Cl)cc1Br. The first-order chi connectivity index (χ1) is 15.7. The molecule has 0 heterocycles. The maximum atomic E-state index is 11.9. The minimum atomic E-state index is -1.11. The van der Waals surface area contributed by atoms with Crippen LogP contribution in [0.5, 0.6) is 11.5 Å². The highest BCUT2D eigenvalue weighted by molar-refractivity contribution is 9.10. The second-order valence-electron chi connectivity index (χ2n) is 7.43. The van der Waals surface area contributed by atoms with Gasteiger partial charge in [-0.3, -0.25) is 4.79 Å². The van der Waals surface area contributed by atoms with Crippen molar-refractivity contribution in [3.63, 3.8) is 0 Å². The van der Waals surface area contributed by atoms with Crippen molar-refractivity contribution in [2.75, 3.05) is 5.32 Å². The van der Waals surface area contributed by atoms with Gasteiger partial charge in [-0.15, -0.1) is 0 Å². The summed E-state index contributed by atoms with van der Waals surface area (Å²) in [6.07, 6.45) is 1.55. The topological polar surface area (TPSA) is 75.6 Å². The summed E-state index contributed by atoms with van der Waals surface area (Å²) in [7, 11) is 0. The summed E-state index contributed by atoms with van der Waals surface area (Å²) in [6, 6.07) is 17.1. The molecule has 8 heteroatoms. The second kappa shape index (κ2) is 10.9. The van der Waals surface area contributed by atoms with Gasteiger partial charge in [0.25, 0.3) is 0 Å².